The van der Waals surface area contributed by atoms with Gasteiger partial charge in [0, 0.05) is 6.07 Å². The smallest absolute Gasteiger partial charge is 0.151 e. The Balaban J connectivity index is 3.00. The number of H-pyrrole nitrogens is 1. The van der Waals surface area contributed by atoms with Crippen LogP contribution in [0.2, 0.25) is 5.15 Å². The SMILES string of the molecule is C=Cc1cc(Cl)n[nH]1. The molecule has 0 spiro atoms. The average molecular weight is 129 g/mol. The molecule has 1 aromatic heterocycles. The van der Waals surface area contributed by atoms with Crippen molar-refractivity contribution in [3.05, 3.63) is 23.5 Å². The highest BCUT2D eigenvalue weighted by molar-refractivity contribution is 6.29. The second kappa shape index (κ2) is 2.01. The lowest BCUT2D eigenvalue weighted by Gasteiger charge is -1.72. The summed E-state index contributed by atoms with van der Waals surface area (Å²) >= 11 is 5.45. The summed E-state index contributed by atoms with van der Waals surface area (Å²) in [4.78, 5) is 0. The zero-order valence-electron chi connectivity index (χ0n) is 4.19. The Bertz CT molecular complexity index is 192. The first-order valence-electron chi connectivity index (χ1n) is 2.16. The van der Waals surface area contributed by atoms with Gasteiger partial charge >= 0.3 is 0 Å². The molecule has 0 bridgehead atoms. The normalized spacial score (nSPS) is 9.12. The average Bonchev–Trinajstić information content (AvgIpc) is 2.14. The molecule has 8 heavy (non-hydrogen) atoms. The van der Waals surface area contributed by atoms with E-state index < -0.39 is 0 Å². The topological polar surface area (TPSA) is 28.7 Å². The predicted molar refractivity (Wildman–Crippen MR) is 33.7 cm³/mol. The Morgan fingerprint density at radius 2 is 2.62 bits per heavy atom. The van der Waals surface area contributed by atoms with Crippen molar-refractivity contribution in [2.24, 2.45) is 0 Å². The molecule has 0 atom stereocenters. The van der Waals surface area contributed by atoms with E-state index in [0.717, 1.165) is 5.69 Å². The number of halogens is 1. The molecule has 0 saturated carbocycles. The van der Waals surface area contributed by atoms with Gasteiger partial charge in [-0.3, -0.25) is 5.10 Å². The van der Waals surface area contributed by atoms with Gasteiger partial charge in [-0.25, -0.2) is 0 Å². The molecule has 0 unspecified atom stereocenters. The molecule has 0 aromatic carbocycles. The van der Waals surface area contributed by atoms with Gasteiger partial charge in [-0.2, -0.15) is 5.10 Å². The Morgan fingerprint density at radius 3 is 2.88 bits per heavy atom. The Kier molecular flexibility index (Phi) is 1.35. The molecule has 0 fully saturated rings. The van der Waals surface area contributed by atoms with E-state index in [1.807, 2.05) is 0 Å². The Morgan fingerprint density at radius 1 is 1.88 bits per heavy atom. The third-order valence-corrected chi connectivity index (χ3v) is 0.980. The van der Waals surface area contributed by atoms with E-state index in [0.29, 0.717) is 5.15 Å². The number of aromatic amines is 1. The maximum atomic E-state index is 5.45. The molecule has 0 amide bonds. The van der Waals surface area contributed by atoms with E-state index in [1.54, 1.807) is 12.1 Å². The molecule has 0 aliphatic carbocycles. The molecule has 3 heteroatoms. The van der Waals surface area contributed by atoms with Crippen LogP contribution in [0.1, 0.15) is 5.69 Å². The summed E-state index contributed by atoms with van der Waals surface area (Å²) in [5, 5.41) is 6.78. The largest absolute Gasteiger partial charge is 0.277 e. The number of rotatable bonds is 1. The highest BCUT2D eigenvalue weighted by atomic mass is 35.5. The van der Waals surface area contributed by atoms with Crippen molar-refractivity contribution in [2.45, 2.75) is 0 Å². The first-order valence-corrected chi connectivity index (χ1v) is 2.54. The lowest BCUT2D eigenvalue weighted by molar-refractivity contribution is 1.08. The molecule has 1 rings (SSSR count). The minimum absolute atomic E-state index is 0.472. The van der Waals surface area contributed by atoms with E-state index in [2.05, 4.69) is 16.8 Å². The van der Waals surface area contributed by atoms with Crippen molar-refractivity contribution in [1.29, 1.82) is 0 Å². The predicted octanol–water partition coefficient (Wildman–Crippen LogP) is 1.71. The van der Waals surface area contributed by atoms with Crippen molar-refractivity contribution in [3.63, 3.8) is 0 Å². The van der Waals surface area contributed by atoms with Crippen molar-refractivity contribution in [1.82, 2.24) is 10.2 Å². The van der Waals surface area contributed by atoms with E-state index in [9.17, 15) is 0 Å². The molecular weight excluding hydrogens is 124 g/mol. The summed E-state index contributed by atoms with van der Waals surface area (Å²) in [6, 6.07) is 1.70. The van der Waals surface area contributed by atoms with Gasteiger partial charge in [0.05, 0.1) is 5.69 Å². The van der Waals surface area contributed by atoms with Crippen LogP contribution in [0, 0.1) is 0 Å². The lowest BCUT2D eigenvalue weighted by Crippen LogP contribution is -1.66. The van der Waals surface area contributed by atoms with E-state index in [1.165, 1.54) is 0 Å². The van der Waals surface area contributed by atoms with Crippen molar-refractivity contribution in [2.75, 3.05) is 0 Å². The maximum absolute atomic E-state index is 5.45. The molecule has 1 aromatic rings. The van der Waals surface area contributed by atoms with Crippen LogP contribution >= 0.6 is 11.6 Å². The monoisotopic (exact) mass is 128 g/mol. The fraction of sp³-hybridized carbons (Fsp3) is 0. The van der Waals surface area contributed by atoms with Gasteiger partial charge in [0.25, 0.3) is 0 Å². The van der Waals surface area contributed by atoms with E-state index in [4.69, 9.17) is 11.6 Å². The highest BCUT2D eigenvalue weighted by Gasteiger charge is 1.89. The van der Waals surface area contributed by atoms with Crippen LogP contribution in [0.25, 0.3) is 6.08 Å². The molecule has 0 radical (unpaired) electrons. The van der Waals surface area contributed by atoms with Gasteiger partial charge in [0.2, 0.25) is 0 Å². The van der Waals surface area contributed by atoms with Crippen LogP contribution < -0.4 is 0 Å². The minimum atomic E-state index is 0.472. The van der Waals surface area contributed by atoms with E-state index in [-0.39, 0.29) is 0 Å². The quantitative estimate of drug-likeness (QED) is 0.613. The Hall–Kier alpha value is -0.760. The first-order chi connectivity index (χ1) is 3.83. The van der Waals surface area contributed by atoms with Gasteiger partial charge in [-0.1, -0.05) is 18.2 Å². The maximum Gasteiger partial charge on any atom is 0.151 e. The van der Waals surface area contributed by atoms with Crippen molar-refractivity contribution >= 4 is 17.7 Å². The summed E-state index contributed by atoms with van der Waals surface area (Å²) in [6.07, 6.45) is 1.65. The fourth-order valence-electron chi connectivity index (χ4n) is 0.415. The summed E-state index contributed by atoms with van der Waals surface area (Å²) in [5.74, 6) is 0. The second-order valence-corrected chi connectivity index (χ2v) is 1.74. The molecule has 2 nitrogen and oxygen atoms in total. The molecular formula is C5H5ClN2. The number of nitrogens with one attached hydrogen (secondary N) is 1. The van der Waals surface area contributed by atoms with Crippen LogP contribution in [0.5, 0.6) is 0 Å². The summed E-state index contributed by atoms with van der Waals surface area (Å²) in [7, 11) is 0. The molecule has 0 aliphatic heterocycles. The van der Waals surface area contributed by atoms with Crippen molar-refractivity contribution < 1.29 is 0 Å². The van der Waals surface area contributed by atoms with Crippen LogP contribution in [-0.4, -0.2) is 10.2 Å². The summed E-state index contributed by atoms with van der Waals surface area (Å²) in [6.45, 7) is 3.51. The molecule has 0 saturated heterocycles. The summed E-state index contributed by atoms with van der Waals surface area (Å²) < 4.78 is 0. The van der Waals surface area contributed by atoms with Gasteiger partial charge in [-0.05, 0) is 6.08 Å². The fourth-order valence-corrected chi connectivity index (χ4v) is 0.575. The van der Waals surface area contributed by atoms with Crippen LogP contribution in [-0.2, 0) is 0 Å². The third kappa shape index (κ3) is 0.898. The molecule has 1 N–H and O–H groups in total. The third-order valence-electron chi connectivity index (χ3n) is 0.786. The Labute approximate surface area is 52.2 Å². The minimum Gasteiger partial charge on any atom is -0.277 e. The zero-order chi connectivity index (χ0) is 5.98. The standard InChI is InChI=1S/C5H5ClN2/c1-2-4-3-5(6)8-7-4/h2-3H,1H2,(H,7,8). The molecule has 0 aliphatic rings. The van der Waals surface area contributed by atoms with Gasteiger partial charge in [-0.15, -0.1) is 0 Å². The van der Waals surface area contributed by atoms with Gasteiger partial charge < -0.3 is 0 Å². The number of hydrogen-bond acceptors (Lipinski definition) is 1. The number of aromatic nitrogens is 2. The number of nitrogens with zero attached hydrogens (tertiary/aromatic N) is 1. The number of hydrogen-bond donors (Lipinski definition) is 1. The zero-order valence-corrected chi connectivity index (χ0v) is 4.94. The van der Waals surface area contributed by atoms with Crippen LogP contribution in [0.15, 0.2) is 12.6 Å². The highest BCUT2D eigenvalue weighted by Crippen LogP contribution is 2.04. The van der Waals surface area contributed by atoms with Gasteiger partial charge in [0.15, 0.2) is 5.15 Å². The van der Waals surface area contributed by atoms with E-state index >= 15 is 0 Å². The molecule has 1 heterocycles. The lowest BCUT2D eigenvalue weighted by atomic mass is 10.4. The first kappa shape index (κ1) is 5.38. The van der Waals surface area contributed by atoms with Crippen LogP contribution in [0.3, 0.4) is 0 Å². The van der Waals surface area contributed by atoms with Crippen molar-refractivity contribution in [3.8, 4) is 0 Å². The van der Waals surface area contributed by atoms with Gasteiger partial charge in [0.1, 0.15) is 0 Å². The van der Waals surface area contributed by atoms with Crippen LogP contribution in [0.4, 0.5) is 0 Å². The molecule has 42 valence electrons. The summed E-state index contributed by atoms with van der Waals surface area (Å²) in [5.41, 5.74) is 0.843. The second-order valence-electron chi connectivity index (χ2n) is 1.35.